The van der Waals surface area contributed by atoms with Gasteiger partial charge in [0, 0.05) is 34.7 Å². The van der Waals surface area contributed by atoms with Gasteiger partial charge in [0.05, 0.1) is 22.3 Å². The third-order valence-electron chi connectivity index (χ3n) is 5.42. The van der Waals surface area contributed by atoms with E-state index < -0.39 is 10.0 Å². The molecule has 2 aromatic carbocycles. The maximum Gasteiger partial charge on any atom is 0.243 e. The van der Waals surface area contributed by atoms with Gasteiger partial charge in [-0.3, -0.25) is 4.98 Å². The van der Waals surface area contributed by atoms with Crippen molar-refractivity contribution in [3.63, 3.8) is 0 Å². The van der Waals surface area contributed by atoms with Crippen molar-refractivity contribution in [3.05, 3.63) is 88.7 Å². The van der Waals surface area contributed by atoms with Crippen molar-refractivity contribution in [2.75, 3.05) is 11.9 Å². The first-order chi connectivity index (χ1) is 15.0. The molecule has 0 atom stereocenters. The number of benzene rings is 2. The van der Waals surface area contributed by atoms with Crippen LogP contribution in [0.5, 0.6) is 0 Å². The highest BCUT2D eigenvalue weighted by atomic mass is 79.9. The van der Waals surface area contributed by atoms with Crippen molar-refractivity contribution in [1.29, 1.82) is 0 Å². The fourth-order valence-corrected chi connectivity index (χ4v) is 5.49. The van der Waals surface area contributed by atoms with Crippen LogP contribution in [0.2, 0.25) is 0 Å². The molecule has 0 saturated heterocycles. The Kier molecular flexibility index (Phi) is 5.21. The second kappa shape index (κ2) is 8.03. The predicted molar refractivity (Wildman–Crippen MR) is 125 cm³/mol. The number of hydrogen-bond donors (Lipinski definition) is 1. The van der Waals surface area contributed by atoms with Gasteiger partial charge in [0.2, 0.25) is 10.0 Å². The molecule has 0 unspecified atom stereocenters. The van der Waals surface area contributed by atoms with E-state index in [9.17, 15) is 8.42 Å². The number of aromatic nitrogens is 2. The highest BCUT2D eigenvalue weighted by molar-refractivity contribution is 9.10. The highest BCUT2D eigenvalue weighted by Crippen LogP contribution is 2.30. The Bertz CT molecular complexity index is 1370. The van der Waals surface area contributed by atoms with Gasteiger partial charge in [0.1, 0.15) is 5.82 Å². The Labute approximate surface area is 189 Å². The largest absolute Gasteiger partial charge is 0.339 e. The molecule has 4 aromatic rings. The zero-order valence-electron chi connectivity index (χ0n) is 16.5. The molecular formula is C23H19BrN4O2S. The molecule has 156 valence electrons. The molecule has 6 nitrogen and oxygen atoms in total. The summed E-state index contributed by atoms with van der Waals surface area (Å²) in [5.41, 5.74) is 3.78. The van der Waals surface area contributed by atoms with E-state index in [0.29, 0.717) is 24.4 Å². The average molecular weight is 495 g/mol. The normalized spacial score (nSPS) is 14.4. The summed E-state index contributed by atoms with van der Waals surface area (Å²) in [4.78, 5) is 9.30. The molecule has 0 fully saturated rings. The summed E-state index contributed by atoms with van der Waals surface area (Å²) in [6.45, 7) is 0.725. The topological polar surface area (TPSA) is 75.2 Å². The Hall–Kier alpha value is -2.81. The molecule has 0 saturated carbocycles. The number of fused-ring (bicyclic) bond motifs is 2. The molecule has 0 amide bonds. The molecule has 1 N–H and O–H groups in total. The van der Waals surface area contributed by atoms with Crippen LogP contribution in [-0.4, -0.2) is 29.2 Å². The van der Waals surface area contributed by atoms with Gasteiger partial charge < -0.3 is 5.32 Å². The van der Waals surface area contributed by atoms with Crippen LogP contribution in [0.15, 0.2) is 82.4 Å². The van der Waals surface area contributed by atoms with E-state index in [1.54, 1.807) is 36.7 Å². The van der Waals surface area contributed by atoms with E-state index in [2.05, 4.69) is 31.2 Å². The summed E-state index contributed by atoms with van der Waals surface area (Å²) >= 11 is 3.35. The molecule has 3 heterocycles. The lowest BCUT2D eigenvalue weighted by Gasteiger charge is -2.29. The van der Waals surface area contributed by atoms with Crippen LogP contribution in [-0.2, 0) is 23.0 Å². The first-order valence-corrected chi connectivity index (χ1v) is 12.1. The summed E-state index contributed by atoms with van der Waals surface area (Å²) in [6.07, 6.45) is 4.09. The second-order valence-corrected chi connectivity index (χ2v) is 10.2. The Morgan fingerprint density at radius 1 is 1.00 bits per heavy atom. The summed E-state index contributed by atoms with van der Waals surface area (Å²) in [5.74, 6) is 0.746. The number of anilines is 2. The van der Waals surface area contributed by atoms with Gasteiger partial charge in [-0.15, -0.1) is 0 Å². The van der Waals surface area contributed by atoms with Crippen molar-refractivity contribution in [1.82, 2.24) is 14.3 Å². The Morgan fingerprint density at radius 2 is 1.81 bits per heavy atom. The number of hydrogen-bond acceptors (Lipinski definition) is 5. The van der Waals surface area contributed by atoms with E-state index in [1.807, 2.05) is 36.4 Å². The van der Waals surface area contributed by atoms with E-state index >= 15 is 0 Å². The lowest BCUT2D eigenvalue weighted by Crippen LogP contribution is -2.36. The van der Waals surface area contributed by atoms with Crippen molar-refractivity contribution in [3.8, 4) is 0 Å². The third-order valence-corrected chi connectivity index (χ3v) is 7.80. The maximum absolute atomic E-state index is 13.1. The van der Waals surface area contributed by atoms with Crippen LogP contribution in [0.4, 0.5) is 11.5 Å². The minimum atomic E-state index is -3.56. The summed E-state index contributed by atoms with van der Waals surface area (Å²) in [5, 5.41) is 4.41. The summed E-state index contributed by atoms with van der Waals surface area (Å²) in [7, 11) is -3.56. The van der Waals surface area contributed by atoms with Gasteiger partial charge in [-0.1, -0.05) is 34.1 Å². The zero-order valence-corrected chi connectivity index (χ0v) is 18.9. The Morgan fingerprint density at radius 3 is 2.65 bits per heavy atom. The SMILES string of the molecule is O=S(=O)(c1ccc(Br)cc1)N1CCc2c(ccnc2Nc2cnc3ccccc3c2)C1. The first kappa shape index (κ1) is 20.1. The number of nitrogens with one attached hydrogen (secondary N) is 1. The fraction of sp³-hybridized carbons (Fsp3) is 0.130. The second-order valence-electron chi connectivity index (χ2n) is 7.38. The predicted octanol–water partition coefficient (Wildman–Crippen LogP) is 4.88. The summed E-state index contributed by atoms with van der Waals surface area (Å²) in [6, 6.07) is 18.6. The molecule has 0 spiro atoms. The van der Waals surface area contributed by atoms with Crippen molar-refractivity contribution >= 4 is 48.4 Å². The first-order valence-electron chi connectivity index (χ1n) is 9.85. The molecule has 31 heavy (non-hydrogen) atoms. The van der Waals surface area contributed by atoms with Gasteiger partial charge in [-0.2, -0.15) is 4.31 Å². The number of halogens is 1. The molecule has 2 aromatic heterocycles. The van der Waals surface area contributed by atoms with Crippen LogP contribution < -0.4 is 5.32 Å². The van der Waals surface area contributed by atoms with E-state index in [4.69, 9.17) is 0 Å². The van der Waals surface area contributed by atoms with Crippen molar-refractivity contribution in [2.24, 2.45) is 0 Å². The maximum atomic E-state index is 13.1. The number of pyridine rings is 2. The van der Waals surface area contributed by atoms with Crippen LogP contribution in [0.3, 0.4) is 0 Å². The number of para-hydroxylation sites is 1. The Balaban J connectivity index is 1.42. The minimum Gasteiger partial charge on any atom is -0.339 e. The van der Waals surface area contributed by atoms with Gasteiger partial charge in [0.25, 0.3) is 0 Å². The van der Waals surface area contributed by atoms with Gasteiger partial charge >= 0.3 is 0 Å². The number of nitrogens with zero attached hydrogens (tertiary/aromatic N) is 3. The molecule has 1 aliphatic rings. The van der Waals surface area contributed by atoms with Gasteiger partial charge in [-0.25, -0.2) is 13.4 Å². The van der Waals surface area contributed by atoms with E-state index in [-0.39, 0.29) is 0 Å². The van der Waals surface area contributed by atoms with Crippen LogP contribution >= 0.6 is 15.9 Å². The van der Waals surface area contributed by atoms with E-state index in [0.717, 1.165) is 38.0 Å². The molecule has 1 aliphatic heterocycles. The smallest absolute Gasteiger partial charge is 0.243 e. The lowest BCUT2D eigenvalue weighted by molar-refractivity contribution is 0.391. The minimum absolute atomic E-state index is 0.300. The monoisotopic (exact) mass is 494 g/mol. The average Bonchev–Trinajstić information content (AvgIpc) is 2.79. The van der Waals surface area contributed by atoms with Crippen molar-refractivity contribution in [2.45, 2.75) is 17.9 Å². The van der Waals surface area contributed by atoms with Gasteiger partial charge in [0.15, 0.2) is 0 Å². The van der Waals surface area contributed by atoms with Crippen LogP contribution in [0, 0.1) is 0 Å². The molecule has 0 radical (unpaired) electrons. The quantitative estimate of drug-likeness (QED) is 0.437. The molecule has 8 heteroatoms. The number of rotatable bonds is 4. The van der Waals surface area contributed by atoms with Crippen LogP contribution in [0.25, 0.3) is 10.9 Å². The number of sulfonamides is 1. The fourth-order valence-electron chi connectivity index (χ4n) is 3.81. The molecular weight excluding hydrogens is 476 g/mol. The lowest BCUT2D eigenvalue weighted by atomic mass is 10.0. The van der Waals surface area contributed by atoms with Crippen molar-refractivity contribution < 1.29 is 8.42 Å². The van der Waals surface area contributed by atoms with Gasteiger partial charge in [-0.05, 0) is 54.4 Å². The highest BCUT2D eigenvalue weighted by Gasteiger charge is 2.29. The summed E-state index contributed by atoms with van der Waals surface area (Å²) < 4.78 is 28.5. The molecule has 0 bridgehead atoms. The molecule has 0 aliphatic carbocycles. The molecule has 5 rings (SSSR count). The third kappa shape index (κ3) is 3.94. The standard InChI is InChI=1S/C23H19BrN4O2S/c24-18-5-7-20(8-6-18)31(29,30)28-12-10-21-17(15-28)9-11-25-23(21)27-19-13-16-3-1-2-4-22(16)26-14-19/h1-9,11,13-14H,10,12,15H2,(H,25,27). The van der Waals surface area contributed by atoms with Crippen LogP contribution in [0.1, 0.15) is 11.1 Å². The van der Waals surface area contributed by atoms with E-state index in [1.165, 1.54) is 4.31 Å². The zero-order chi connectivity index (χ0) is 21.4.